The zero-order valence-electron chi connectivity index (χ0n) is 8.82. The molecule has 1 heterocycles. The lowest BCUT2D eigenvalue weighted by atomic mass is 9.75. The number of nitrogens with zero attached hydrogens (tertiary/aromatic N) is 3. The molecule has 76 valence electrons. The molecule has 1 atom stereocenters. The summed E-state index contributed by atoms with van der Waals surface area (Å²) in [6.45, 7) is 4.34. The molecule has 0 N–H and O–H groups in total. The molecule has 1 aromatic heterocycles. The Balaban J connectivity index is 2.48. The summed E-state index contributed by atoms with van der Waals surface area (Å²) < 4.78 is 1.86. The van der Waals surface area contributed by atoms with E-state index in [-0.39, 0.29) is 11.5 Å². The number of fused-ring (bicyclic) bond motifs is 1. The van der Waals surface area contributed by atoms with Crippen LogP contribution in [0, 0.1) is 10.3 Å². The van der Waals surface area contributed by atoms with Crippen LogP contribution in [0.4, 0.5) is 0 Å². The largest absolute Gasteiger partial charge is 0.272 e. The molecule has 0 saturated carbocycles. The van der Waals surface area contributed by atoms with Gasteiger partial charge in [0.05, 0.1) is 6.20 Å². The average molecular weight is 193 g/mol. The van der Waals surface area contributed by atoms with Crippen LogP contribution in [0.2, 0.25) is 0 Å². The number of aromatic nitrogens is 2. The molecule has 0 spiro atoms. The number of nitroso groups, excluding NO2 is 1. The highest BCUT2D eigenvalue weighted by molar-refractivity contribution is 5.26. The fourth-order valence-corrected chi connectivity index (χ4v) is 2.23. The van der Waals surface area contributed by atoms with Gasteiger partial charge in [0.1, 0.15) is 6.04 Å². The van der Waals surface area contributed by atoms with Crippen molar-refractivity contribution >= 4 is 0 Å². The van der Waals surface area contributed by atoms with Gasteiger partial charge >= 0.3 is 0 Å². The van der Waals surface area contributed by atoms with Crippen LogP contribution in [0.3, 0.4) is 0 Å². The summed E-state index contributed by atoms with van der Waals surface area (Å²) in [6.07, 6.45) is 3.58. The topological polar surface area (TPSA) is 47.2 Å². The number of aryl methyl sites for hydroxylation is 1. The van der Waals surface area contributed by atoms with Gasteiger partial charge in [0, 0.05) is 18.3 Å². The van der Waals surface area contributed by atoms with Crippen molar-refractivity contribution in [1.29, 1.82) is 0 Å². The van der Waals surface area contributed by atoms with Crippen molar-refractivity contribution in [2.24, 2.45) is 17.6 Å². The second kappa shape index (κ2) is 2.90. The Bertz CT molecular complexity index is 367. The summed E-state index contributed by atoms with van der Waals surface area (Å²) >= 11 is 0. The van der Waals surface area contributed by atoms with E-state index in [0.717, 1.165) is 24.1 Å². The van der Waals surface area contributed by atoms with Gasteiger partial charge in [-0.3, -0.25) is 4.68 Å². The van der Waals surface area contributed by atoms with E-state index in [0.29, 0.717) is 0 Å². The maximum Gasteiger partial charge on any atom is 0.121 e. The van der Waals surface area contributed by atoms with Crippen LogP contribution in [-0.4, -0.2) is 9.78 Å². The van der Waals surface area contributed by atoms with Crippen LogP contribution < -0.4 is 0 Å². The molecule has 0 saturated heterocycles. The molecular weight excluding hydrogens is 178 g/mol. The fourth-order valence-electron chi connectivity index (χ4n) is 2.23. The van der Waals surface area contributed by atoms with E-state index < -0.39 is 0 Å². The molecule has 1 aliphatic carbocycles. The van der Waals surface area contributed by atoms with Crippen molar-refractivity contribution in [2.75, 3.05) is 0 Å². The van der Waals surface area contributed by atoms with Gasteiger partial charge in [-0.2, -0.15) is 10.0 Å². The van der Waals surface area contributed by atoms with E-state index in [1.165, 1.54) is 0 Å². The minimum absolute atomic E-state index is 0.152. The third-order valence-electron chi connectivity index (χ3n) is 2.97. The van der Waals surface area contributed by atoms with Gasteiger partial charge in [0.2, 0.25) is 0 Å². The first-order valence-electron chi connectivity index (χ1n) is 4.87. The molecular formula is C10H15N3O. The minimum atomic E-state index is -0.206. The first-order chi connectivity index (χ1) is 6.53. The highest BCUT2D eigenvalue weighted by atomic mass is 16.3. The molecule has 0 fully saturated rings. The van der Waals surface area contributed by atoms with E-state index in [2.05, 4.69) is 24.1 Å². The standard InChI is InChI=1S/C10H15N3O/c1-10(2)4-8(12-14)7-6-11-13(3)9(7)5-10/h6,8H,4-5H2,1-3H3. The third kappa shape index (κ3) is 1.35. The van der Waals surface area contributed by atoms with Crippen LogP contribution in [0.1, 0.15) is 37.6 Å². The molecule has 2 rings (SSSR count). The summed E-state index contributed by atoms with van der Waals surface area (Å²) in [7, 11) is 1.92. The Morgan fingerprint density at radius 2 is 2.36 bits per heavy atom. The van der Waals surface area contributed by atoms with E-state index in [4.69, 9.17) is 0 Å². The van der Waals surface area contributed by atoms with Crippen molar-refractivity contribution < 1.29 is 0 Å². The second-order valence-electron chi connectivity index (χ2n) is 4.84. The summed E-state index contributed by atoms with van der Waals surface area (Å²) in [4.78, 5) is 10.7. The van der Waals surface area contributed by atoms with Crippen molar-refractivity contribution in [1.82, 2.24) is 9.78 Å². The molecule has 0 radical (unpaired) electrons. The van der Waals surface area contributed by atoms with Gasteiger partial charge in [0.15, 0.2) is 0 Å². The van der Waals surface area contributed by atoms with E-state index in [1.807, 2.05) is 11.7 Å². The van der Waals surface area contributed by atoms with Crippen molar-refractivity contribution in [3.05, 3.63) is 22.4 Å². The molecule has 0 aliphatic heterocycles. The minimum Gasteiger partial charge on any atom is -0.272 e. The van der Waals surface area contributed by atoms with Crippen molar-refractivity contribution in [3.8, 4) is 0 Å². The Hall–Kier alpha value is -1.19. The van der Waals surface area contributed by atoms with E-state index in [1.54, 1.807) is 6.20 Å². The van der Waals surface area contributed by atoms with Gasteiger partial charge in [-0.05, 0) is 18.3 Å². The monoisotopic (exact) mass is 193 g/mol. The Morgan fingerprint density at radius 3 is 3.00 bits per heavy atom. The van der Waals surface area contributed by atoms with Crippen LogP contribution in [0.5, 0.6) is 0 Å². The number of hydrogen-bond acceptors (Lipinski definition) is 3. The molecule has 1 unspecified atom stereocenters. The molecule has 1 aliphatic rings. The maximum absolute atomic E-state index is 10.7. The quantitative estimate of drug-likeness (QED) is 0.642. The summed E-state index contributed by atoms with van der Waals surface area (Å²) in [5.74, 6) is 0. The molecule has 0 amide bonds. The van der Waals surface area contributed by atoms with Crippen LogP contribution >= 0.6 is 0 Å². The number of hydrogen-bond donors (Lipinski definition) is 0. The Labute approximate surface area is 83.3 Å². The lowest BCUT2D eigenvalue weighted by Crippen LogP contribution is -2.25. The Morgan fingerprint density at radius 1 is 1.64 bits per heavy atom. The molecule has 0 aromatic carbocycles. The second-order valence-corrected chi connectivity index (χ2v) is 4.84. The van der Waals surface area contributed by atoms with Crippen LogP contribution in [0.15, 0.2) is 11.4 Å². The summed E-state index contributed by atoms with van der Waals surface area (Å²) in [5.41, 5.74) is 2.33. The lowest BCUT2D eigenvalue weighted by molar-refractivity contribution is 0.276. The summed E-state index contributed by atoms with van der Waals surface area (Å²) in [5, 5.41) is 7.37. The fraction of sp³-hybridized carbons (Fsp3) is 0.700. The van der Waals surface area contributed by atoms with Gasteiger partial charge in [-0.1, -0.05) is 19.0 Å². The third-order valence-corrected chi connectivity index (χ3v) is 2.97. The Kier molecular flexibility index (Phi) is 1.94. The normalized spacial score (nSPS) is 24.4. The maximum atomic E-state index is 10.7. The van der Waals surface area contributed by atoms with E-state index in [9.17, 15) is 4.91 Å². The predicted molar refractivity (Wildman–Crippen MR) is 53.8 cm³/mol. The predicted octanol–water partition coefficient (Wildman–Crippen LogP) is 2.20. The van der Waals surface area contributed by atoms with E-state index >= 15 is 0 Å². The number of rotatable bonds is 1. The molecule has 0 bridgehead atoms. The van der Waals surface area contributed by atoms with Crippen molar-refractivity contribution in [3.63, 3.8) is 0 Å². The highest BCUT2D eigenvalue weighted by Crippen LogP contribution is 2.42. The van der Waals surface area contributed by atoms with Gasteiger partial charge in [-0.15, -0.1) is 0 Å². The van der Waals surface area contributed by atoms with Crippen molar-refractivity contribution in [2.45, 2.75) is 32.7 Å². The lowest BCUT2D eigenvalue weighted by Gasteiger charge is -2.32. The van der Waals surface area contributed by atoms with Gasteiger partial charge < -0.3 is 0 Å². The zero-order valence-corrected chi connectivity index (χ0v) is 8.82. The van der Waals surface area contributed by atoms with Crippen LogP contribution in [-0.2, 0) is 13.5 Å². The smallest absolute Gasteiger partial charge is 0.121 e. The molecule has 1 aromatic rings. The molecule has 4 nitrogen and oxygen atoms in total. The molecule has 4 heteroatoms. The van der Waals surface area contributed by atoms with Crippen LogP contribution in [0.25, 0.3) is 0 Å². The first kappa shape index (κ1) is 9.37. The SMILES string of the molecule is Cn1ncc2c1CC(C)(C)CC2N=O. The first-order valence-corrected chi connectivity index (χ1v) is 4.87. The zero-order chi connectivity index (χ0) is 10.3. The average Bonchev–Trinajstić information content (AvgIpc) is 2.45. The van der Waals surface area contributed by atoms with Gasteiger partial charge in [0.25, 0.3) is 0 Å². The summed E-state index contributed by atoms with van der Waals surface area (Å²) in [6, 6.07) is -0.206. The highest BCUT2D eigenvalue weighted by Gasteiger charge is 2.35. The molecule has 14 heavy (non-hydrogen) atoms. The van der Waals surface area contributed by atoms with Gasteiger partial charge in [-0.25, -0.2) is 0 Å².